The molecule has 1 aromatic rings. The van der Waals surface area contributed by atoms with Gasteiger partial charge in [0, 0.05) is 37.1 Å². The Kier molecular flexibility index (Phi) is 7.12. The van der Waals surface area contributed by atoms with Gasteiger partial charge in [0.15, 0.2) is 5.96 Å². The summed E-state index contributed by atoms with van der Waals surface area (Å²) in [6, 6.07) is 0. The smallest absolute Gasteiger partial charge is 0.191 e. The topological polar surface area (TPSA) is 52.6 Å². The molecule has 124 valence electrons. The van der Waals surface area contributed by atoms with E-state index in [9.17, 15) is 0 Å². The van der Waals surface area contributed by atoms with Crippen LogP contribution in [-0.4, -0.2) is 55.6 Å². The highest BCUT2D eigenvalue weighted by atomic mass is 32.1. The van der Waals surface area contributed by atoms with Crippen LogP contribution in [0, 0.1) is 12.8 Å². The van der Waals surface area contributed by atoms with Gasteiger partial charge in [-0.1, -0.05) is 0 Å². The summed E-state index contributed by atoms with van der Waals surface area (Å²) in [5.74, 6) is 1.67. The highest BCUT2D eigenvalue weighted by Crippen LogP contribution is 2.16. The largest absolute Gasteiger partial charge is 0.357 e. The summed E-state index contributed by atoms with van der Waals surface area (Å²) in [5, 5.41) is 7.95. The van der Waals surface area contributed by atoms with Crippen LogP contribution in [0.25, 0.3) is 0 Å². The summed E-state index contributed by atoms with van der Waals surface area (Å²) in [6.45, 7) is 9.32. The third-order valence-corrected chi connectivity index (χ3v) is 4.96. The Morgan fingerprint density at radius 2 is 2.18 bits per heavy atom. The maximum Gasteiger partial charge on any atom is 0.191 e. The first-order chi connectivity index (χ1) is 10.7. The Morgan fingerprint density at radius 3 is 2.82 bits per heavy atom. The second-order valence-corrected chi connectivity index (χ2v) is 7.33. The van der Waals surface area contributed by atoms with Crippen LogP contribution in [0.3, 0.4) is 0 Å². The predicted octanol–water partition coefficient (Wildman–Crippen LogP) is 1.89. The first-order valence-electron chi connectivity index (χ1n) is 8.29. The molecule has 1 saturated heterocycles. The van der Waals surface area contributed by atoms with E-state index in [0.29, 0.717) is 0 Å². The number of nitrogens with one attached hydrogen (secondary N) is 2. The van der Waals surface area contributed by atoms with Crippen molar-refractivity contribution in [2.45, 2.75) is 33.1 Å². The van der Waals surface area contributed by atoms with Gasteiger partial charge in [0.25, 0.3) is 0 Å². The average molecular weight is 324 g/mol. The summed E-state index contributed by atoms with van der Waals surface area (Å²) in [4.78, 5) is 12.8. The highest BCUT2D eigenvalue weighted by molar-refractivity contribution is 7.11. The second-order valence-electron chi connectivity index (χ2n) is 6.01. The Bertz CT molecular complexity index is 463. The fourth-order valence-corrected chi connectivity index (χ4v) is 3.40. The lowest BCUT2D eigenvalue weighted by Gasteiger charge is -2.28. The fourth-order valence-electron chi connectivity index (χ4n) is 2.61. The zero-order chi connectivity index (χ0) is 15.8. The normalized spacial score (nSPS) is 17.7. The molecule has 22 heavy (non-hydrogen) atoms. The molecule has 5 nitrogen and oxygen atoms in total. The zero-order valence-corrected chi connectivity index (χ0v) is 14.9. The average Bonchev–Trinajstić information content (AvgIpc) is 2.92. The van der Waals surface area contributed by atoms with E-state index >= 15 is 0 Å². The molecule has 2 N–H and O–H groups in total. The van der Waals surface area contributed by atoms with Crippen molar-refractivity contribution in [3.8, 4) is 0 Å². The van der Waals surface area contributed by atoms with E-state index in [0.717, 1.165) is 37.9 Å². The molecular weight excluding hydrogens is 294 g/mol. The molecule has 1 aliphatic rings. The van der Waals surface area contributed by atoms with E-state index < -0.39 is 0 Å². The van der Waals surface area contributed by atoms with Crippen LogP contribution < -0.4 is 10.6 Å². The number of thiazole rings is 1. The minimum absolute atomic E-state index is 0.730. The molecule has 0 unspecified atom stereocenters. The zero-order valence-electron chi connectivity index (χ0n) is 14.1. The monoisotopic (exact) mass is 323 g/mol. The van der Waals surface area contributed by atoms with Gasteiger partial charge in [-0.05, 0) is 52.7 Å². The fraction of sp³-hybridized carbons (Fsp3) is 0.750. The molecule has 0 aliphatic carbocycles. The summed E-state index contributed by atoms with van der Waals surface area (Å²) in [5.41, 5.74) is 0. The summed E-state index contributed by atoms with van der Waals surface area (Å²) in [6.07, 6.45) is 5.42. The van der Waals surface area contributed by atoms with Crippen molar-refractivity contribution in [1.29, 1.82) is 0 Å². The van der Waals surface area contributed by atoms with Crippen molar-refractivity contribution in [2.75, 3.05) is 39.8 Å². The van der Waals surface area contributed by atoms with Crippen LogP contribution in [0.4, 0.5) is 0 Å². The summed E-state index contributed by atoms with van der Waals surface area (Å²) in [7, 11) is 2.20. The van der Waals surface area contributed by atoms with E-state index in [-0.39, 0.29) is 0 Å². The number of aromatic nitrogens is 1. The van der Waals surface area contributed by atoms with Crippen molar-refractivity contribution in [3.05, 3.63) is 16.1 Å². The number of likely N-dealkylation sites (tertiary alicyclic amines) is 1. The quantitative estimate of drug-likeness (QED) is 0.620. The molecule has 0 radical (unpaired) electrons. The minimum atomic E-state index is 0.730. The third kappa shape index (κ3) is 5.93. The molecule has 0 spiro atoms. The van der Waals surface area contributed by atoms with Gasteiger partial charge in [-0.2, -0.15) is 0 Å². The van der Waals surface area contributed by atoms with E-state index in [1.807, 2.05) is 6.20 Å². The molecule has 0 aromatic carbocycles. The summed E-state index contributed by atoms with van der Waals surface area (Å²) >= 11 is 1.77. The van der Waals surface area contributed by atoms with E-state index in [1.54, 1.807) is 11.3 Å². The van der Waals surface area contributed by atoms with Crippen LogP contribution in [0.5, 0.6) is 0 Å². The Hall–Kier alpha value is -1.14. The van der Waals surface area contributed by atoms with Gasteiger partial charge < -0.3 is 15.5 Å². The number of aliphatic imine (C=N–C) groups is 1. The lowest BCUT2D eigenvalue weighted by Crippen LogP contribution is -2.39. The van der Waals surface area contributed by atoms with E-state index in [1.165, 1.54) is 35.8 Å². The molecule has 0 amide bonds. The second kappa shape index (κ2) is 9.10. The van der Waals surface area contributed by atoms with E-state index in [4.69, 9.17) is 4.99 Å². The third-order valence-electron chi connectivity index (χ3n) is 3.99. The number of guanidine groups is 1. The molecule has 1 aliphatic heterocycles. The van der Waals surface area contributed by atoms with Gasteiger partial charge in [-0.25, -0.2) is 4.98 Å². The van der Waals surface area contributed by atoms with Crippen molar-refractivity contribution in [1.82, 2.24) is 20.5 Å². The van der Waals surface area contributed by atoms with Crippen molar-refractivity contribution < 1.29 is 0 Å². The number of piperidine rings is 1. The Balaban J connectivity index is 1.74. The molecule has 2 heterocycles. The first-order valence-corrected chi connectivity index (χ1v) is 9.11. The predicted molar refractivity (Wildman–Crippen MR) is 94.8 cm³/mol. The van der Waals surface area contributed by atoms with Crippen LogP contribution in [0.15, 0.2) is 11.2 Å². The molecule has 0 bridgehead atoms. The van der Waals surface area contributed by atoms with Crippen LogP contribution >= 0.6 is 11.3 Å². The van der Waals surface area contributed by atoms with Gasteiger partial charge in [0.2, 0.25) is 0 Å². The van der Waals surface area contributed by atoms with Gasteiger partial charge in [-0.3, -0.25) is 4.99 Å². The number of aryl methyl sites for hydroxylation is 1. The number of nitrogens with zero attached hydrogens (tertiary/aromatic N) is 3. The first kappa shape index (κ1) is 17.2. The van der Waals surface area contributed by atoms with E-state index in [2.05, 4.69) is 41.4 Å². The van der Waals surface area contributed by atoms with Crippen LogP contribution in [-0.2, 0) is 6.42 Å². The number of rotatable bonds is 6. The number of hydrogen-bond donors (Lipinski definition) is 2. The van der Waals surface area contributed by atoms with Crippen molar-refractivity contribution in [3.63, 3.8) is 0 Å². The van der Waals surface area contributed by atoms with Crippen molar-refractivity contribution >= 4 is 17.3 Å². The lowest BCUT2D eigenvalue weighted by molar-refractivity contribution is 0.223. The summed E-state index contributed by atoms with van der Waals surface area (Å²) < 4.78 is 0. The molecule has 0 saturated carbocycles. The standard InChI is InChI=1S/C16H29N5S/c1-4-17-16(18-8-5-15-19-11-13(2)22-15)20-12-14-6-9-21(3)10-7-14/h11,14H,4-10,12H2,1-3H3,(H2,17,18,20). The minimum Gasteiger partial charge on any atom is -0.357 e. The molecule has 0 atom stereocenters. The van der Waals surface area contributed by atoms with Crippen LogP contribution in [0.1, 0.15) is 29.7 Å². The molecule has 2 rings (SSSR count). The molecule has 1 aromatic heterocycles. The van der Waals surface area contributed by atoms with Gasteiger partial charge in [-0.15, -0.1) is 11.3 Å². The van der Waals surface area contributed by atoms with Gasteiger partial charge >= 0.3 is 0 Å². The SMILES string of the molecule is CCNC(=NCC1CCN(C)CC1)NCCc1ncc(C)s1. The molecule has 1 fully saturated rings. The maximum absolute atomic E-state index is 4.76. The lowest BCUT2D eigenvalue weighted by atomic mass is 9.97. The van der Waals surface area contributed by atoms with Crippen molar-refractivity contribution in [2.24, 2.45) is 10.9 Å². The highest BCUT2D eigenvalue weighted by Gasteiger charge is 2.16. The Labute approximate surface area is 138 Å². The Morgan fingerprint density at radius 1 is 1.41 bits per heavy atom. The van der Waals surface area contributed by atoms with Gasteiger partial charge in [0.1, 0.15) is 0 Å². The van der Waals surface area contributed by atoms with Crippen LogP contribution in [0.2, 0.25) is 0 Å². The molecule has 6 heteroatoms. The van der Waals surface area contributed by atoms with Gasteiger partial charge in [0.05, 0.1) is 5.01 Å². The number of hydrogen-bond acceptors (Lipinski definition) is 4. The maximum atomic E-state index is 4.76. The molecular formula is C16H29N5S.